The number of imide groups is 1. The van der Waals surface area contributed by atoms with Gasteiger partial charge in [0.15, 0.2) is 0 Å². The molecule has 0 saturated carbocycles. The van der Waals surface area contributed by atoms with Crippen LogP contribution in [-0.2, 0) is 9.59 Å². The van der Waals surface area contributed by atoms with Crippen molar-refractivity contribution in [2.75, 3.05) is 14.2 Å². The molecule has 1 aromatic rings. The first-order valence-electron chi connectivity index (χ1n) is 5.18. The van der Waals surface area contributed by atoms with Crippen molar-refractivity contribution >= 4 is 11.8 Å². The van der Waals surface area contributed by atoms with Gasteiger partial charge in [0, 0.05) is 19.5 Å². The van der Waals surface area contributed by atoms with E-state index < -0.39 is 11.7 Å². The second kappa shape index (κ2) is 4.16. The Hall–Kier alpha value is -1.91. The highest BCUT2D eigenvalue weighted by Gasteiger charge is 2.37. The predicted octanol–water partition coefficient (Wildman–Crippen LogP) is 1.31. The van der Waals surface area contributed by atoms with E-state index >= 15 is 0 Å². The first-order chi connectivity index (χ1) is 8.02. The van der Waals surface area contributed by atoms with Crippen LogP contribution in [0.3, 0.4) is 0 Å². The molecule has 0 N–H and O–H groups in total. The lowest BCUT2D eigenvalue weighted by Crippen LogP contribution is -2.25. The molecule has 0 radical (unpaired) electrons. The third-order valence-corrected chi connectivity index (χ3v) is 2.91. The lowest BCUT2D eigenvalue weighted by molar-refractivity contribution is -0.137. The number of methoxy groups -OCH3 is 1. The van der Waals surface area contributed by atoms with Gasteiger partial charge in [0.25, 0.3) is 0 Å². The smallest absolute Gasteiger partial charge is 0.236 e. The van der Waals surface area contributed by atoms with Gasteiger partial charge in [0.05, 0.1) is 13.0 Å². The molecule has 4 nitrogen and oxygen atoms in total. The van der Waals surface area contributed by atoms with E-state index in [2.05, 4.69) is 0 Å². The number of nitrogens with zero attached hydrogens (tertiary/aromatic N) is 1. The first kappa shape index (κ1) is 11.6. The summed E-state index contributed by atoms with van der Waals surface area (Å²) in [4.78, 5) is 24.2. The summed E-state index contributed by atoms with van der Waals surface area (Å²) in [7, 11) is 2.85. The van der Waals surface area contributed by atoms with Crippen molar-refractivity contribution in [1.29, 1.82) is 0 Å². The van der Waals surface area contributed by atoms with E-state index in [1.54, 1.807) is 6.07 Å². The molecule has 1 unspecified atom stereocenters. The molecule has 90 valence electrons. The van der Waals surface area contributed by atoms with Crippen LogP contribution in [0.5, 0.6) is 5.75 Å². The number of carbonyl (C=O) groups excluding carboxylic acids is 2. The predicted molar refractivity (Wildman–Crippen MR) is 58.1 cm³/mol. The van der Waals surface area contributed by atoms with Crippen molar-refractivity contribution in [2.45, 2.75) is 12.3 Å². The summed E-state index contributed by atoms with van der Waals surface area (Å²) >= 11 is 0. The Morgan fingerprint density at radius 3 is 2.59 bits per heavy atom. The summed E-state index contributed by atoms with van der Waals surface area (Å²) in [5.74, 6) is -1.29. The molecule has 1 aliphatic rings. The van der Waals surface area contributed by atoms with Crippen molar-refractivity contribution in [2.24, 2.45) is 0 Å². The van der Waals surface area contributed by atoms with Crippen LogP contribution in [0.4, 0.5) is 4.39 Å². The number of likely N-dealkylation sites (N-methyl/N-ethyl adjacent to an activating group) is 1. The molecular formula is C12H12FNO3. The van der Waals surface area contributed by atoms with Gasteiger partial charge in [-0.15, -0.1) is 0 Å². The average Bonchev–Trinajstić information content (AvgIpc) is 2.56. The van der Waals surface area contributed by atoms with Crippen LogP contribution in [-0.4, -0.2) is 30.9 Å². The minimum atomic E-state index is -0.600. The molecule has 1 aromatic carbocycles. The minimum absolute atomic E-state index is 0.0853. The normalized spacial score (nSPS) is 19.9. The van der Waals surface area contributed by atoms with E-state index in [1.807, 2.05) is 0 Å². The summed E-state index contributed by atoms with van der Waals surface area (Å²) in [6.07, 6.45) is 0.0853. The Balaban J connectivity index is 2.38. The molecule has 0 bridgehead atoms. The molecule has 1 saturated heterocycles. The van der Waals surface area contributed by atoms with Crippen molar-refractivity contribution < 1.29 is 18.7 Å². The van der Waals surface area contributed by atoms with Gasteiger partial charge in [-0.1, -0.05) is 0 Å². The van der Waals surface area contributed by atoms with Crippen molar-refractivity contribution in [1.82, 2.24) is 4.90 Å². The second-order valence-electron chi connectivity index (χ2n) is 3.97. The van der Waals surface area contributed by atoms with Crippen LogP contribution >= 0.6 is 0 Å². The molecule has 1 aliphatic heterocycles. The van der Waals surface area contributed by atoms with Gasteiger partial charge in [-0.05, 0) is 17.7 Å². The highest BCUT2D eigenvalue weighted by atomic mass is 19.1. The minimum Gasteiger partial charge on any atom is -0.497 e. The molecular weight excluding hydrogens is 225 g/mol. The number of likely N-dealkylation sites (tertiary alicyclic amines) is 1. The largest absolute Gasteiger partial charge is 0.497 e. The van der Waals surface area contributed by atoms with E-state index in [0.29, 0.717) is 11.3 Å². The van der Waals surface area contributed by atoms with Gasteiger partial charge in [0.2, 0.25) is 11.8 Å². The fourth-order valence-corrected chi connectivity index (χ4v) is 1.92. The number of halogens is 1. The van der Waals surface area contributed by atoms with Crippen LogP contribution in [0.2, 0.25) is 0 Å². The van der Waals surface area contributed by atoms with Gasteiger partial charge in [-0.2, -0.15) is 0 Å². The zero-order valence-electron chi connectivity index (χ0n) is 9.57. The first-order valence-corrected chi connectivity index (χ1v) is 5.18. The quantitative estimate of drug-likeness (QED) is 0.728. The highest BCUT2D eigenvalue weighted by Crippen LogP contribution is 2.31. The van der Waals surface area contributed by atoms with Gasteiger partial charge >= 0.3 is 0 Å². The molecule has 0 aliphatic carbocycles. The number of benzene rings is 1. The number of hydrogen-bond acceptors (Lipinski definition) is 3. The second-order valence-corrected chi connectivity index (χ2v) is 3.97. The Morgan fingerprint density at radius 2 is 2.06 bits per heavy atom. The number of hydrogen-bond donors (Lipinski definition) is 0. The molecule has 1 heterocycles. The Kier molecular flexibility index (Phi) is 2.83. The Bertz CT molecular complexity index is 487. The van der Waals surface area contributed by atoms with E-state index in [-0.39, 0.29) is 18.2 Å². The monoisotopic (exact) mass is 237 g/mol. The van der Waals surface area contributed by atoms with E-state index in [0.717, 1.165) is 4.90 Å². The summed E-state index contributed by atoms with van der Waals surface area (Å²) < 4.78 is 18.2. The summed E-state index contributed by atoms with van der Waals surface area (Å²) in [6.45, 7) is 0. The molecule has 1 fully saturated rings. The maximum atomic E-state index is 13.3. The molecule has 0 aromatic heterocycles. The van der Waals surface area contributed by atoms with Gasteiger partial charge in [0.1, 0.15) is 11.6 Å². The Morgan fingerprint density at radius 1 is 1.35 bits per heavy atom. The number of rotatable bonds is 2. The molecule has 0 spiro atoms. The van der Waals surface area contributed by atoms with Crippen molar-refractivity contribution in [3.05, 3.63) is 29.6 Å². The van der Waals surface area contributed by atoms with E-state index in [4.69, 9.17) is 4.74 Å². The van der Waals surface area contributed by atoms with Crippen LogP contribution in [0.1, 0.15) is 17.9 Å². The molecule has 1 atom stereocenters. The van der Waals surface area contributed by atoms with Crippen molar-refractivity contribution in [3.63, 3.8) is 0 Å². The van der Waals surface area contributed by atoms with Gasteiger partial charge in [-0.25, -0.2) is 4.39 Å². The standard InChI is InChI=1S/C12H12FNO3/c1-14-11(15)6-10(12(14)16)7-3-8(13)5-9(4-7)17-2/h3-5,10H,6H2,1-2H3. The number of ether oxygens (including phenoxy) is 1. The molecule has 5 heteroatoms. The third kappa shape index (κ3) is 2.00. The van der Waals surface area contributed by atoms with E-state index in [9.17, 15) is 14.0 Å². The van der Waals surface area contributed by atoms with Crippen LogP contribution < -0.4 is 4.74 Å². The maximum Gasteiger partial charge on any atom is 0.236 e. The van der Waals surface area contributed by atoms with Gasteiger partial charge < -0.3 is 4.74 Å². The Labute approximate surface area is 98.0 Å². The maximum absolute atomic E-state index is 13.3. The topological polar surface area (TPSA) is 46.6 Å². The average molecular weight is 237 g/mol. The van der Waals surface area contributed by atoms with Crippen molar-refractivity contribution in [3.8, 4) is 5.75 Å². The van der Waals surface area contributed by atoms with Crippen LogP contribution in [0.25, 0.3) is 0 Å². The number of carbonyl (C=O) groups is 2. The number of amides is 2. The SMILES string of the molecule is COc1cc(F)cc(C2CC(=O)N(C)C2=O)c1. The van der Waals surface area contributed by atoms with Gasteiger partial charge in [-0.3, -0.25) is 14.5 Å². The van der Waals surface area contributed by atoms with Crippen LogP contribution in [0.15, 0.2) is 18.2 Å². The fraction of sp³-hybridized carbons (Fsp3) is 0.333. The summed E-state index contributed by atoms with van der Waals surface area (Å²) in [6, 6.07) is 4.07. The zero-order chi connectivity index (χ0) is 12.6. The summed E-state index contributed by atoms with van der Waals surface area (Å²) in [5.41, 5.74) is 0.476. The molecule has 2 amide bonds. The lowest BCUT2D eigenvalue weighted by atomic mass is 9.97. The molecule has 2 rings (SSSR count). The third-order valence-electron chi connectivity index (χ3n) is 2.91. The molecule has 17 heavy (non-hydrogen) atoms. The summed E-state index contributed by atoms with van der Waals surface area (Å²) in [5, 5.41) is 0. The van der Waals surface area contributed by atoms with E-state index in [1.165, 1.54) is 26.3 Å². The zero-order valence-corrected chi connectivity index (χ0v) is 9.57. The highest BCUT2D eigenvalue weighted by molar-refractivity contribution is 6.05. The lowest BCUT2D eigenvalue weighted by Gasteiger charge is -2.10. The van der Waals surface area contributed by atoms with Crippen LogP contribution in [0, 0.1) is 5.82 Å². The fourth-order valence-electron chi connectivity index (χ4n) is 1.92.